The van der Waals surface area contributed by atoms with Gasteiger partial charge in [0, 0.05) is 0 Å². The summed E-state index contributed by atoms with van der Waals surface area (Å²) in [5, 5.41) is 20.0. The van der Waals surface area contributed by atoms with Crippen LogP contribution in [0, 0.1) is 0 Å². The zero-order chi connectivity index (χ0) is 27.5. The van der Waals surface area contributed by atoms with Crippen molar-refractivity contribution in [3.8, 4) is 0 Å². The van der Waals surface area contributed by atoms with Gasteiger partial charge in [-0.3, -0.25) is 0 Å². The highest BCUT2D eigenvalue weighted by atomic mass is 35.5. The van der Waals surface area contributed by atoms with Crippen molar-refractivity contribution in [2.75, 3.05) is 11.5 Å². The molecule has 0 spiro atoms. The maximum absolute atomic E-state index is 5.66. The number of benzene rings is 2. The van der Waals surface area contributed by atoms with E-state index in [0.29, 0.717) is 5.13 Å². The molecule has 40 heavy (non-hydrogen) atoms. The molecule has 3 heterocycles. The normalized spacial score (nSPS) is 11.2. The second kappa shape index (κ2) is 16.2. The highest BCUT2D eigenvalue weighted by molar-refractivity contribution is 7.30. The Morgan fingerprint density at radius 1 is 0.650 bits per heavy atom. The molecule has 0 unspecified atom stereocenters. The number of nitrogen functional groups attached to an aromatic ring is 2. The predicted octanol–water partition coefficient (Wildman–Crippen LogP) is 11.2. The number of azo groups is 2. The Bertz CT molecular complexity index is 1470. The van der Waals surface area contributed by atoms with Crippen molar-refractivity contribution in [2.45, 2.75) is 52.4 Å². The van der Waals surface area contributed by atoms with E-state index in [9.17, 15) is 0 Å². The summed E-state index contributed by atoms with van der Waals surface area (Å²) in [4.78, 5) is 5.17. The Morgan fingerprint density at radius 2 is 1.20 bits per heavy atom. The van der Waals surface area contributed by atoms with Crippen molar-refractivity contribution in [3.63, 3.8) is 0 Å². The number of unbranched alkanes of at least 4 members (excludes halogenated alkanes) is 2. The molecule has 3 aromatic heterocycles. The summed E-state index contributed by atoms with van der Waals surface area (Å²) in [6.45, 7) is 4.41. The predicted molar refractivity (Wildman–Crippen MR) is 176 cm³/mol. The number of hydrogen-bond donors (Lipinski definition) is 2. The topological polar surface area (TPSA) is 114 Å². The lowest BCUT2D eigenvalue weighted by Crippen LogP contribution is -1.82. The molecule has 2 aromatic carbocycles. The largest absolute Gasteiger partial charge is 0.391 e. The summed E-state index contributed by atoms with van der Waals surface area (Å²) in [5.41, 5.74) is 15.8. The molecule has 0 aliphatic heterocycles. The molecule has 0 aliphatic rings. The van der Waals surface area contributed by atoms with Crippen molar-refractivity contribution in [1.82, 2.24) is 4.98 Å². The number of hydrogen-bond acceptors (Lipinski definition) is 10. The van der Waals surface area contributed by atoms with E-state index < -0.39 is 0 Å². The number of rotatable bonds is 10. The molecule has 0 aliphatic carbocycles. The molecule has 5 rings (SSSR count). The van der Waals surface area contributed by atoms with Gasteiger partial charge in [-0.1, -0.05) is 85.0 Å². The Labute approximate surface area is 253 Å². The van der Waals surface area contributed by atoms with Crippen LogP contribution in [0.1, 0.15) is 50.7 Å². The Morgan fingerprint density at radius 3 is 1.68 bits per heavy atom. The van der Waals surface area contributed by atoms with Gasteiger partial charge < -0.3 is 11.5 Å². The molecule has 0 atom stereocenters. The SMILES string of the molecule is CCCCc1ccc(N=Nc2cc3sc(N)nc3s2)cc1.CCCCc1ccc(N=Nc2ccc(N)s2)cc1.Cl. The van der Waals surface area contributed by atoms with E-state index >= 15 is 0 Å². The van der Waals surface area contributed by atoms with Crippen LogP contribution in [0.4, 0.5) is 31.5 Å². The average molecular weight is 612 g/mol. The number of aromatic nitrogens is 1. The maximum atomic E-state index is 5.66. The van der Waals surface area contributed by atoms with Crippen molar-refractivity contribution >= 4 is 87.5 Å². The highest BCUT2D eigenvalue weighted by Crippen LogP contribution is 2.36. The molecule has 7 nitrogen and oxygen atoms in total. The fourth-order valence-electron chi connectivity index (χ4n) is 3.62. The summed E-state index contributed by atoms with van der Waals surface area (Å²) in [6.07, 6.45) is 7.16. The molecule has 0 fully saturated rings. The van der Waals surface area contributed by atoms with Gasteiger partial charge in [-0.05, 0) is 79.3 Å². The summed E-state index contributed by atoms with van der Waals surface area (Å²) in [6, 6.07) is 22.2. The van der Waals surface area contributed by atoms with Gasteiger partial charge in [-0.15, -0.1) is 32.9 Å². The number of halogens is 1. The van der Waals surface area contributed by atoms with Gasteiger partial charge in [0.05, 0.1) is 21.1 Å². The van der Waals surface area contributed by atoms with E-state index in [0.717, 1.165) is 48.7 Å². The van der Waals surface area contributed by atoms with Gasteiger partial charge in [0.25, 0.3) is 0 Å². The van der Waals surface area contributed by atoms with Gasteiger partial charge in [0.1, 0.15) is 14.8 Å². The minimum Gasteiger partial charge on any atom is -0.391 e. The lowest BCUT2D eigenvalue weighted by Gasteiger charge is -1.99. The van der Waals surface area contributed by atoms with Gasteiger partial charge in [0.2, 0.25) is 0 Å². The third-order valence-electron chi connectivity index (χ3n) is 5.74. The Hall–Kier alpha value is -3.18. The van der Waals surface area contributed by atoms with Crippen LogP contribution in [0.2, 0.25) is 0 Å². The summed E-state index contributed by atoms with van der Waals surface area (Å²) >= 11 is 4.43. The monoisotopic (exact) mass is 611 g/mol. The van der Waals surface area contributed by atoms with Crippen molar-refractivity contribution in [2.24, 2.45) is 20.5 Å². The van der Waals surface area contributed by atoms with Gasteiger partial charge in [-0.25, -0.2) is 4.98 Å². The first-order valence-electron chi connectivity index (χ1n) is 13.0. The molecule has 0 saturated heterocycles. The molecule has 0 bridgehead atoms. The minimum absolute atomic E-state index is 0. The van der Waals surface area contributed by atoms with Crippen molar-refractivity contribution in [1.29, 1.82) is 0 Å². The van der Waals surface area contributed by atoms with E-state index in [4.69, 9.17) is 11.5 Å². The number of anilines is 2. The number of thiazole rings is 1. The van der Waals surface area contributed by atoms with Crippen LogP contribution in [0.25, 0.3) is 9.53 Å². The molecule has 5 aromatic rings. The molecular formula is C29H34ClN7S3. The molecule has 0 radical (unpaired) electrons. The number of thiophene rings is 2. The zero-order valence-electron chi connectivity index (χ0n) is 22.6. The third-order valence-corrected chi connectivity index (χ3v) is 8.42. The molecule has 0 amide bonds. The van der Waals surface area contributed by atoms with Crippen LogP contribution in [0.3, 0.4) is 0 Å². The number of fused-ring (bicyclic) bond motifs is 1. The van der Waals surface area contributed by atoms with Crippen molar-refractivity contribution in [3.05, 3.63) is 77.9 Å². The maximum Gasteiger partial charge on any atom is 0.181 e. The summed E-state index contributed by atoms with van der Waals surface area (Å²) in [7, 11) is 0. The highest BCUT2D eigenvalue weighted by Gasteiger charge is 2.06. The summed E-state index contributed by atoms with van der Waals surface area (Å²) in [5.74, 6) is 0. The molecule has 210 valence electrons. The fourth-order valence-corrected chi connectivity index (χ4v) is 6.02. The van der Waals surface area contributed by atoms with Crippen LogP contribution in [0.15, 0.2) is 87.2 Å². The Balaban J connectivity index is 0.000000218. The minimum atomic E-state index is 0. The average Bonchev–Trinajstić information content (AvgIpc) is 3.64. The van der Waals surface area contributed by atoms with E-state index in [2.05, 4.69) is 63.6 Å². The Kier molecular flexibility index (Phi) is 12.7. The van der Waals surface area contributed by atoms with Gasteiger partial charge in [0.15, 0.2) is 5.13 Å². The molecule has 4 N–H and O–H groups in total. The first-order valence-corrected chi connectivity index (χ1v) is 15.5. The zero-order valence-corrected chi connectivity index (χ0v) is 25.9. The first-order chi connectivity index (χ1) is 19.0. The second-order valence-electron chi connectivity index (χ2n) is 8.92. The van der Waals surface area contributed by atoms with Crippen LogP contribution in [-0.2, 0) is 12.8 Å². The van der Waals surface area contributed by atoms with E-state index in [-0.39, 0.29) is 12.4 Å². The van der Waals surface area contributed by atoms with Crippen LogP contribution >= 0.6 is 46.4 Å². The van der Waals surface area contributed by atoms with Crippen LogP contribution < -0.4 is 11.5 Å². The molecule has 11 heteroatoms. The second-order valence-corrected chi connectivity index (χ2v) is 12.1. The lowest BCUT2D eigenvalue weighted by atomic mass is 10.1. The first kappa shape index (κ1) is 31.3. The summed E-state index contributed by atoms with van der Waals surface area (Å²) < 4.78 is 1.07. The van der Waals surface area contributed by atoms with Gasteiger partial charge >= 0.3 is 0 Å². The molecular weight excluding hydrogens is 578 g/mol. The van der Waals surface area contributed by atoms with Crippen LogP contribution in [0.5, 0.6) is 0 Å². The standard InChI is InChI=1S/C15H16N4S2.C14H17N3S.ClH/c1-2-3-4-10-5-7-11(8-6-10)18-19-13-9-12-14(21-13)17-15(16)20-12;1-2-3-4-11-5-7-12(8-6-11)16-17-14-10-9-13(15)18-14;/h5-9H,2-4H2,1H3,(H2,16,17);5-10H,2-4,15H2,1H3;1H. The number of nitrogens with zero attached hydrogens (tertiary/aromatic N) is 5. The van der Waals surface area contributed by atoms with Gasteiger partial charge in [-0.2, -0.15) is 0 Å². The van der Waals surface area contributed by atoms with E-state index in [1.54, 1.807) is 0 Å². The van der Waals surface area contributed by atoms with Crippen molar-refractivity contribution < 1.29 is 0 Å². The lowest BCUT2D eigenvalue weighted by molar-refractivity contribution is 0.795. The third kappa shape index (κ3) is 9.78. The van der Waals surface area contributed by atoms with E-state index in [1.807, 2.05) is 42.5 Å². The fraction of sp³-hybridized carbons (Fsp3) is 0.276. The molecule has 0 saturated carbocycles. The number of nitrogens with two attached hydrogens (primary N) is 2. The van der Waals surface area contributed by atoms with E-state index in [1.165, 1.54) is 70.8 Å². The quantitative estimate of drug-likeness (QED) is 0.153. The van der Waals surface area contributed by atoms with Crippen LogP contribution in [-0.4, -0.2) is 4.98 Å². The number of aryl methyl sites for hydroxylation is 2. The smallest absolute Gasteiger partial charge is 0.181 e.